The number of nitrogens with zero attached hydrogens (tertiary/aromatic N) is 2. The molecule has 2 aromatic rings. The Morgan fingerprint density at radius 2 is 1.96 bits per heavy atom. The van der Waals surface area contributed by atoms with Crippen molar-refractivity contribution in [3.8, 4) is 10.6 Å². The minimum atomic E-state index is -1.44. The molecule has 10 heteroatoms. The number of hydrogen-bond donors (Lipinski definition) is 2. The van der Waals surface area contributed by atoms with Gasteiger partial charge in [0.1, 0.15) is 21.6 Å². The molecule has 23 heavy (non-hydrogen) atoms. The normalized spacial score (nSPS) is 10.4. The van der Waals surface area contributed by atoms with E-state index in [1.165, 1.54) is 20.2 Å². The maximum atomic E-state index is 13.8. The van der Waals surface area contributed by atoms with Crippen molar-refractivity contribution in [2.24, 2.45) is 0 Å². The Bertz CT molecular complexity index is 745. The van der Waals surface area contributed by atoms with Gasteiger partial charge in [0, 0.05) is 7.05 Å². The molecule has 0 saturated carbocycles. The standard InChI is InChI=1S/C13H11F2N3O4S/c1-18(22-2)12(19)9-11(17-13(20)21)23-10(16-9)8-6(14)4-3-5-7(8)15/h3-5,17H,1-2H3,(H,20,21). The van der Waals surface area contributed by atoms with Crippen LogP contribution in [0.2, 0.25) is 0 Å². The van der Waals surface area contributed by atoms with E-state index in [-0.39, 0.29) is 15.7 Å². The predicted octanol–water partition coefficient (Wildman–Crippen LogP) is 2.81. The number of benzene rings is 1. The summed E-state index contributed by atoms with van der Waals surface area (Å²) in [6.45, 7) is 0. The first-order valence-corrected chi connectivity index (χ1v) is 6.94. The molecule has 2 rings (SSSR count). The SMILES string of the molecule is CON(C)C(=O)c1nc(-c2c(F)cccc2F)sc1NC(=O)O. The molecular weight excluding hydrogens is 332 g/mol. The van der Waals surface area contributed by atoms with Crippen molar-refractivity contribution in [3.05, 3.63) is 35.5 Å². The van der Waals surface area contributed by atoms with E-state index in [2.05, 4.69) is 4.98 Å². The molecular formula is C13H11F2N3O4S. The van der Waals surface area contributed by atoms with E-state index < -0.39 is 29.2 Å². The number of carbonyl (C=O) groups excluding carboxylic acids is 1. The van der Waals surface area contributed by atoms with Gasteiger partial charge in [-0.3, -0.25) is 14.9 Å². The van der Waals surface area contributed by atoms with Gasteiger partial charge in [0.2, 0.25) is 0 Å². The maximum absolute atomic E-state index is 13.8. The molecule has 122 valence electrons. The summed E-state index contributed by atoms with van der Waals surface area (Å²) in [6.07, 6.45) is -1.44. The molecule has 0 bridgehead atoms. The largest absolute Gasteiger partial charge is 0.465 e. The van der Waals surface area contributed by atoms with Crippen LogP contribution in [0.15, 0.2) is 18.2 Å². The van der Waals surface area contributed by atoms with E-state index in [1.54, 1.807) is 0 Å². The van der Waals surface area contributed by atoms with Crippen molar-refractivity contribution in [1.29, 1.82) is 0 Å². The minimum absolute atomic E-state index is 0.163. The number of amides is 2. The molecule has 0 atom stereocenters. The second-order valence-electron chi connectivity index (χ2n) is 4.21. The van der Waals surface area contributed by atoms with Crippen LogP contribution in [-0.4, -0.2) is 41.3 Å². The van der Waals surface area contributed by atoms with Gasteiger partial charge in [-0.25, -0.2) is 23.6 Å². The highest BCUT2D eigenvalue weighted by molar-refractivity contribution is 7.19. The van der Waals surface area contributed by atoms with Gasteiger partial charge in [-0.1, -0.05) is 17.4 Å². The molecule has 1 heterocycles. The van der Waals surface area contributed by atoms with Crippen LogP contribution >= 0.6 is 11.3 Å². The Labute approximate surface area is 133 Å². The number of anilines is 1. The van der Waals surface area contributed by atoms with Gasteiger partial charge >= 0.3 is 6.09 Å². The molecule has 0 fully saturated rings. The van der Waals surface area contributed by atoms with Crippen LogP contribution < -0.4 is 5.32 Å². The summed E-state index contributed by atoms with van der Waals surface area (Å²) in [5.74, 6) is -2.52. The van der Waals surface area contributed by atoms with Crippen molar-refractivity contribution in [1.82, 2.24) is 10.0 Å². The predicted molar refractivity (Wildman–Crippen MR) is 78.2 cm³/mol. The molecule has 0 saturated heterocycles. The number of halogens is 2. The topological polar surface area (TPSA) is 91.8 Å². The monoisotopic (exact) mass is 343 g/mol. The number of hydroxylamine groups is 2. The van der Waals surface area contributed by atoms with Crippen molar-refractivity contribution in [3.63, 3.8) is 0 Å². The summed E-state index contributed by atoms with van der Waals surface area (Å²) in [6, 6.07) is 3.25. The summed E-state index contributed by atoms with van der Waals surface area (Å²) >= 11 is 0.639. The highest BCUT2D eigenvalue weighted by atomic mass is 32.1. The Morgan fingerprint density at radius 1 is 1.35 bits per heavy atom. The van der Waals surface area contributed by atoms with Gasteiger partial charge in [0.15, 0.2) is 5.69 Å². The number of thiazole rings is 1. The number of carbonyl (C=O) groups is 2. The van der Waals surface area contributed by atoms with Crippen LogP contribution in [-0.2, 0) is 4.84 Å². The quantitative estimate of drug-likeness (QED) is 0.833. The van der Waals surface area contributed by atoms with Crippen LogP contribution in [0.4, 0.5) is 18.6 Å². The van der Waals surface area contributed by atoms with Crippen LogP contribution in [0.3, 0.4) is 0 Å². The lowest BCUT2D eigenvalue weighted by molar-refractivity contribution is -0.0759. The fraction of sp³-hybridized carbons (Fsp3) is 0.154. The number of aromatic nitrogens is 1. The van der Waals surface area contributed by atoms with Crippen molar-refractivity contribution in [2.75, 3.05) is 19.5 Å². The summed E-state index contributed by atoms with van der Waals surface area (Å²) in [4.78, 5) is 31.5. The second-order valence-corrected chi connectivity index (χ2v) is 5.21. The summed E-state index contributed by atoms with van der Waals surface area (Å²) in [5.41, 5.74) is -0.760. The zero-order valence-corrected chi connectivity index (χ0v) is 12.8. The molecule has 0 spiro atoms. The molecule has 0 aliphatic carbocycles. The van der Waals surface area contributed by atoms with Gasteiger partial charge in [-0.2, -0.15) is 0 Å². The van der Waals surface area contributed by atoms with Gasteiger partial charge in [-0.05, 0) is 12.1 Å². The average molecular weight is 343 g/mol. The molecule has 1 aromatic carbocycles. The second kappa shape index (κ2) is 6.67. The van der Waals surface area contributed by atoms with E-state index in [1.807, 2.05) is 5.32 Å². The van der Waals surface area contributed by atoms with Crippen LogP contribution in [0.5, 0.6) is 0 Å². The molecule has 0 aliphatic heterocycles. The highest BCUT2D eigenvalue weighted by Gasteiger charge is 2.25. The van der Waals surface area contributed by atoms with Gasteiger partial charge in [0.25, 0.3) is 5.91 Å². The summed E-state index contributed by atoms with van der Waals surface area (Å²) < 4.78 is 27.7. The number of carboxylic acid groups (broad SMARTS) is 1. The molecule has 0 radical (unpaired) electrons. The third-order valence-corrected chi connectivity index (χ3v) is 3.77. The van der Waals surface area contributed by atoms with E-state index in [9.17, 15) is 18.4 Å². The lowest BCUT2D eigenvalue weighted by Gasteiger charge is -2.12. The molecule has 2 N–H and O–H groups in total. The fourth-order valence-corrected chi connectivity index (χ4v) is 2.68. The third kappa shape index (κ3) is 3.43. The molecule has 0 aliphatic rings. The zero-order valence-electron chi connectivity index (χ0n) is 12.0. The van der Waals surface area contributed by atoms with Gasteiger partial charge < -0.3 is 5.11 Å². The highest BCUT2D eigenvalue weighted by Crippen LogP contribution is 2.35. The van der Waals surface area contributed by atoms with E-state index in [0.29, 0.717) is 11.3 Å². The molecule has 0 unspecified atom stereocenters. The number of nitrogens with one attached hydrogen (secondary N) is 1. The number of hydrogen-bond acceptors (Lipinski definition) is 5. The smallest absolute Gasteiger partial charge is 0.409 e. The average Bonchev–Trinajstić information content (AvgIpc) is 2.88. The van der Waals surface area contributed by atoms with Gasteiger partial charge in [0.05, 0.1) is 12.7 Å². The zero-order chi connectivity index (χ0) is 17.1. The molecule has 1 aromatic heterocycles. The Hall–Kier alpha value is -2.59. The first-order chi connectivity index (χ1) is 10.8. The third-order valence-electron chi connectivity index (χ3n) is 2.79. The van der Waals surface area contributed by atoms with E-state index in [0.717, 1.165) is 17.2 Å². The van der Waals surface area contributed by atoms with Crippen LogP contribution in [0.25, 0.3) is 10.6 Å². The first kappa shape index (κ1) is 16.8. The Kier molecular flexibility index (Phi) is 4.86. The summed E-state index contributed by atoms with van der Waals surface area (Å²) in [5, 5.41) is 11.3. The lowest BCUT2D eigenvalue weighted by Crippen LogP contribution is -2.26. The van der Waals surface area contributed by atoms with Crippen molar-refractivity contribution >= 4 is 28.3 Å². The van der Waals surface area contributed by atoms with Gasteiger partial charge in [-0.15, -0.1) is 0 Å². The Balaban J connectivity index is 2.57. The molecule has 2 amide bonds. The van der Waals surface area contributed by atoms with Crippen molar-refractivity contribution in [2.45, 2.75) is 0 Å². The van der Waals surface area contributed by atoms with Crippen molar-refractivity contribution < 1.29 is 28.3 Å². The minimum Gasteiger partial charge on any atom is -0.465 e. The number of rotatable bonds is 4. The first-order valence-electron chi connectivity index (χ1n) is 6.12. The fourth-order valence-electron chi connectivity index (χ4n) is 1.69. The molecule has 7 nitrogen and oxygen atoms in total. The maximum Gasteiger partial charge on any atom is 0.409 e. The van der Waals surface area contributed by atoms with E-state index in [4.69, 9.17) is 9.94 Å². The Morgan fingerprint density at radius 3 is 2.48 bits per heavy atom. The van der Waals surface area contributed by atoms with Crippen LogP contribution in [0.1, 0.15) is 10.5 Å². The lowest BCUT2D eigenvalue weighted by atomic mass is 10.2. The summed E-state index contributed by atoms with van der Waals surface area (Å²) in [7, 11) is 2.52. The van der Waals surface area contributed by atoms with Crippen LogP contribution in [0, 0.1) is 11.6 Å². The van der Waals surface area contributed by atoms with E-state index >= 15 is 0 Å².